The van der Waals surface area contributed by atoms with E-state index in [-0.39, 0.29) is 0 Å². The number of likely N-dealkylation sites (tertiary alicyclic amines) is 1. The Morgan fingerprint density at radius 1 is 1.28 bits per heavy atom. The zero-order valence-electron chi connectivity index (χ0n) is 12.9. The lowest BCUT2D eigenvalue weighted by Gasteiger charge is -2.30. The molecule has 1 aliphatic carbocycles. The van der Waals surface area contributed by atoms with Crippen molar-refractivity contribution in [2.45, 2.75) is 58.2 Å². The van der Waals surface area contributed by atoms with Crippen molar-refractivity contribution in [3.8, 4) is 0 Å². The second kappa shape index (κ2) is 5.48. The molecule has 0 aromatic heterocycles. The molecule has 0 radical (unpaired) electrons. The number of nitrogens with zero attached hydrogens (tertiary/aromatic N) is 2. The molecule has 2 rings (SSSR count). The highest BCUT2D eigenvalue weighted by Crippen LogP contribution is 2.33. The Balaban J connectivity index is 1.74. The molecule has 1 aliphatic heterocycles. The molecule has 106 valence electrons. The summed E-state index contributed by atoms with van der Waals surface area (Å²) in [4.78, 5) is 5.01. The number of nitrogens with one attached hydrogen (secondary N) is 1. The summed E-state index contributed by atoms with van der Waals surface area (Å²) in [5, 5.41) is 3.80. The normalized spacial score (nSPS) is 30.3. The molecular weight excluding hydrogens is 222 g/mol. The topological polar surface area (TPSA) is 18.5 Å². The minimum absolute atomic E-state index is 0.361. The van der Waals surface area contributed by atoms with E-state index in [2.05, 4.69) is 50.0 Å². The molecule has 0 aromatic carbocycles. The van der Waals surface area contributed by atoms with Gasteiger partial charge in [0.25, 0.3) is 0 Å². The Morgan fingerprint density at radius 3 is 2.50 bits per heavy atom. The molecule has 18 heavy (non-hydrogen) atoms. The molecule has 1 heterocycles. The van der Waals surface area contributed by atoms with Gasteiger partial charge in [-0.05, 0) is 45.7 Å². The fraction of sp³-hybridized carbons (Fsp3) is 1.00. The average molecular weight is 253 g/mol. The highest BCUT2D eigenvalue weighted by Gasteiger charge is 2.38. The van der Waals surface area contributed by atoms with Crippen LogP contribution in [0.5, 0.6) is 0 Å². The number of hydrogen-bond donors (Lipinski definition) is 1. The first kappa shape index (κ1) is 14.3. The van der Waals surface area contributed by atoms with Gasteiger partial charge in [0.1, 0.15) is 0 Å². The van der Waals surface area contributed by atoms with Crippen LogP contribution in [0.3, 0.4) is 0 Å². The predicted octanol–water partition coefficient (Wildman–Crippen LogP) is 1.79. The van der Waals surface area contributed by atoms with Gasteiger partial charge in [0.2, 0.25) is 0 Å². The van der Waals surface area contributed by atoms with Crippen LogP contribution in [0.4, 0.5) is 0 Å². The lowest BCUT2D eigenvalue weighted by atomic mass is 9.92. The van der Waals surface area contributed by atoms with E-state index in [1.165, 1.54) is 25.8 Å². The predicted molar refractivity (Wildman–Crippen MR) is 77.9 cm³/mol. The second-order valence-corrected chi connectivity index (χ2v) is 7.49. The Hall–Kier alpha value is -0.120. The van der Waals surface area contributed by atoms with Gasteiger partial charge in [0, 0.05) is 37.8 Å². The van der Waals surface area contributed by atoms with Crippen molar-refractivity contribution in [3.05, 3.63) is 0 Å². The van der Waals surface area contributed by atoms with E-state index in [4.69, 9.17) is 0 Å². The molecule has 3 heteroatoms. The van der Waals surface area contributed by atoms with Gasteiger partial charge in [-0.3, -0.25) is 4.90 Å². The van der Waals surface area contributed by atoms with Crippen molar-refractivity contribution in [1.82, 2.24) is 15.1 Å². The molecule has 0 amide bonds. The molecule has 3 nitrogen and oxygen atoms in total. The summed E-state index contributed by atoms with van der Waals surface area (Å²) in [5.74, 6) is 0. The van der Waals surface area contributed by atoms with Crippen molar-refractivity contribution >= 4 is 0 Å². The molecule has 2 atom stereocenters. The molecule has 0 spiro atoms. The lowest BCUT2D eigenvalue weighted by molar-refractivity contribution is 0.222. The SMILES string of the molecule is CC1CC(NCC(C)(C)CN(C)C)CN1C1CC1. The van der Waals surface area contributed by atoms with Gasteiger partial charge in [0.15, 0.2) is 0 Å². The quantitative estimate of drug-likeness (QED) is 0.778. The number of rotatable bonds is 6. The van der Waals surface area contributed by atoms with E-state index in [0.29, 0.717) is 11.5 Å². The Morgan fingerprint density at radius 2 is 1.94 bits per heavy atom. The third-order valence-electron chi connectivity index (χ3n) is 4.25. The Bertz CT molecular complexity index is 271. The van der Waals surface area contributed by atoms with Gasteiger partial charge in [-0.15, -0.1) is 0 Å². The zero-order chi connectivity index (χ0) is 13.3. The summed E-state index contributed by atoms with van der Waals surface area (Å²) in [6.45, 7) is 10.7. The standard InChI is InChI=1S/C15H31N3/c1-12-8-13(9-18(12)14-6-7-14)16-10-15(2,3)11-17(4)5/h12-14,16H,6-11H2,1-5H3. The van der Waals surface area contributed by atoms with Crippen LogP contribution < -0.4 is 5.32 Å². The maximum Gasteiger partial charge on any atom is 0.0210 e. The van der Waals surface area contributed by atoms with Crippen molar-refractivity contribution in [2.24, 2.45) is 5.41 Å². The average Bonchev–Trinajstić information content (AvgIpc) is 2.99. The Labute approximate surface area is 113 Å². The minimum Gasteiger partial charge on any atom is -0.312 e. The third kappa shape index (κ3) is 3.94. The molecule has 2 fully saturated rings. The summed E-state index contributed by atoms with van der Waals surface area (Å²) >= 11 is 0. The Kier molecular flexibility index (Phi) is 4.35. The van der Waals surface area contributed by atoms with Crippen LogP contribution in [0.25, 0.3) is 0 Å². The molecule has 0 bridgehead atoms. The summed E-state index contributed by atoms with van der Waals surface area (Å²) in [6, 6.07) is 2.41. The molecule has 1 N–H and O–H groups in total. The highest BCUT2D eigenvalue weighted by molar-refractivity contribution is 4.96. The largest absolute Gasteiger partial charge is 0.312 e. The van der Waals surface area contributed by atoms with Crippen molar-refractivity contribution in [3.63, 3.8) is 0 Å². The van der Waals surface area contributed by atoms with Crippen molar-refractivity contribution in [1.29, 1.82) is 0 Å². The smallest absolute Gasteiger partial charge is 0.0210 e. The maximum atomic E-state index is 3.80. The van der Waals surface area contributed by atoms with E-state index in [0.717, 1.165) is 25.2 Å². The first-order valence-electron chi connectivity index (χ1n) is 7.51. The van der Waals surface area contributed by atoms with Crippen molar-refractivity contribution in [2.75, 3.05) is 33.7 Å². The molecular formula is C15H31N3. The van der Waals surface area contributed by atoms with E-state index >= 15 is 0 Å². The maximum absolute atomic E-state index is 3.80. The fourth-order valence-electron chi connectivity index (χ4n) is 3.45. The summed E-state index contributed by atoms with van der Waals surface area (Å²) in [7, 11) is 4.32. The van der Waals surface area contributed by atoms with Crippen molar-refractivity contribution < 1.29 is 0 Å². The molecule has 2 aliphatic rings. The molecule has 2 unspecified atom stereocenters. The lowest BCUT2D eigenvalue weighted by Crippen LogP contribution is -2.42. The van der Waals surface area contributed by atoms with Gasteiger partial charge >= 0.3 is 0 Å². The van der Waals surface area contributed by atoms with Gasteiger partial charge in [-0.2, -0.15) is 0 Å². The van der Waals surface area contributed by atoms with Gasteiger partial charge in [-0.1, -0.05) is 13.8 Å². The van der Waals surface area contributed by atoms with Gasteiger partial charge in [0.05, 0.1) is 0 Å². The summed E-state index contributed by atoms with van der Waals surface area (Å²) in [5.41, 5.74) is 0.361. The third-order valence-corrected chi connectivity index (χ3v) is 4.25. The van der Waals surface area contributed by atoms with Crippen LogP contribution >= 0.6 is 0 Å². The zero-order valence-corrected chi connectivity index (χ0v) is 12.9. The van der Waals surface area contributed by atoms with Gasteiger partial charge in [-0.25, -0.2) is 0 Å². The van der Waals surface area contributed by atoms with Crippen LogP contribution in [-0.2, 0) is 0 Å². The van der Waals surface area contributed by atoms with Crippen LogP contribution in [-0.4, -0.2) is 61.7 Å². The number of hydrogen-bond acceptors (Lipinski definition) is 3. The van der Waals surface area contributed by atoms with E-state index in [1.807, 2.05) is 0 Å². The van der Waals surface area contributed by atoms with Gasteiger partial charge < -0.3 is 10.2 Å². The van der Waals surface area contributed by atoms with Crippen LogP contribution in [0.2, 0.25) is 0 Å². The van der Waals surface area contributed by atoms with Crippen LogP contribution in [0.1, 0.15) is 40.0 Å². The van der Waals surface area contributed by atoms with Crippen LogP contribution in [0.15, 0.2) is 0 Å². The summed E-state index contributed by atoms with van der Waals surface area (Å²) < 4.78 is 0. The first-order chi connectivity index (χ1) is 8.37. The van der Waals surface area contributed by atoms with E-state index < -0.39 is 0 Å². The highest BCUT2D eigenvalue weighted by atomic mass is 15.3. The molecule has 1 saturated carbocycles. The molecule has 0 aromatic rings. The van der Waals surface area contributed by atoms with E-state index in [9.17, 15) is 0 Å². The summed E-state index contributed by atoms with van der Waals surface area (Å²) in [6.07, 6.45) is 4.20. The first-order valence-corrected chi connectivity index (χ1v) is 7.51. The monoisotopic (exact) mass is 253 g/mol. The van der Waals surface area contributed by atoms with E-state index in [1.54, 1.807) is 0 Å². The fourth-order valence-corrected chi connectivity index (χ4v) is 3.45. The molecule has 1 saturated heterocycles. The van der Waals surface area contributed by atoms with Crippen LogP contribution in [0, 0.1) is 5.41 Å². The second-order valence-electron chi connectivity index (χ2n) is 7.49. The minimum atomic E-state index is 0.361.